The van der Waals surface area contributed by atoms with Crippen LogP contribution in [-0.4, -0.2) is 16.0 Å². The van der Waals surface area contributed by atoms with Crippen LogP contribution in [0.15, 0.2) is 61.1 Å². The lowest BCUT2D eigenvalue weighted by atomic mass is 9.88. The molecule has 3 aromatic rings. The molecule has 0 spiro atoms. The smallest absolute Gasteiger partial charge is 0.211 e. The molecule has 0 saturated carbocycles. The van der Waals surface area contributed by atoms with Crippen molar-refractivity contribution in [3.05, 3.63) is 82.9 Å². The lowest BCUT2D eigenvalue weighted by Crippen LogP contribution is -2.08. The largest absolute Gasteiger partial charge is 0.337 e. The van der Waals surface area contributed by atoms with Crippen LogP contribution in [0.5, 0.6) is 0 Å². The fourth-order valence-corrected chi connectivity index (χ4v) is 2.80. The van der Waals surface area contributed by atoms with Crippen molar-refractivity contribution >= 4 is 23.7 Å². The summed E-state index contributed by atoms with van der Waals surface area (Å²) in [5.74, 6) is 0.0463. The third kappa shape index (κ3) is 3.27. The van der Waals surface area contributed by atoms with E-state index >= 15 is 0 Å². The highest BCUT2D eigenvalue weighted by atomic mass is 35.5. The number of anilines is 1. The van der Waals surface area contributed by atoms with E-state index < -0.39 is 0 Å². The number of hydrogen-bond acceptors (Lipinski definition) is 2. The van der Waals surface area contributed by atoms with Crippen LogP contribution in [-0.2, 0) is 11.8 Å². The van der Waals surface area contributed by atoms with Crippen molar-refractivity contribution in [3.63, 3.8) is 0 Å². The lowest BCUT2D eigenvalue weighted by molar-refractivity contribution is -0.105. The molecule has 0 aliphatic rings. The van der Waals surface area contributed by atoms with Crippen molar-refractivity contribution in [3.8, 4) is 0 Å². The Kier molecular flexibility index (Phi) is 4.44. The van der Waals surface area contributed by atoms with Gasteiger partial charge >= 0.3 is 0 Å². The Balaban J connectivity index is 2.06. The van der Waals surface area contributed by atoms with Crippen LogP contribution < -0.4 is 5.32 Å². The van der Waals surface area contributed by atoms with Crippen LogP contribution in [0.1, 0.15) is 22.7 Å². The quantitative estimate of drug-likeness (QED) is 0.725. The highest BCUT2D eigenvalue weighted by Gasteiger charge is 2.19. The van der Waals surface area contributed by atoms with Gasteiger partial charge in [-0.2, -0.15) is 0 Å². The van der Waals surface area contributed by atoms with Gasteiger partial charge in [-0.25, -0.2) is 4.98 Å². The van der Waals surface area contributed by atoms with Gasteiger partial charge in [-0.15, -0.1) is 0 Å². The minimum absolute atomic E-state index is 0.0463. The molecule has 5 heteroatoms. The molecule has 1 N–H and O–H groups in total. The number of aromatic nitrogens is 2. The fraction of sp³-hybridized carbons (Fsp3) is 0.111. The van der Waals surface area contributed by atoms with Crippen LogP contribution in [0, 0.1) is 0 Å². The third-order valence-corrected chi connectivity index (χ3v) is 4.07. The molecule has 4 nitrogen and oxygen atoms in total. The second-order valence-corrected chi connectivity index (χ2v) is 5.73. The van der Waals surface area contributed by atoms with Gasteiger partial charge in [-0.3, -0.25) is 4.79 Å². The highest BCUT2D eigenvalue weighted by Crippen LogP contribution is 2.32. The standard InChI is InChI=1S/C18H16ClN3O/c1-22-11-20-10-17(22)18(13-2-6-15(19)7-3-13)14-4-8-16(9-5-14)21-12-23/h2-12,18H,1H3,(H,21,23). The van der Waals surface area contributed by atoms with E-state index in [9.17, 15) is 4.79 Å². The predicted molar refractivity (Wildman–Crippen MR) is 91.7 cm³/mol. The Morgan fingerprint density at radius 2 is 1.70 bits per heavy atom. The summed E-state index contributed by atoms with van der Waals surface area (Å²) in [5, 5.41) is 3.36. The van der Waals surface area contributed by atoms with Gasteiger partial charge in [0.2, 0.25) is 6.41 Å². The number of imidazole rings is 1. The summed E-state index contributed by atoms with van der Waals surface area (Å²) in [6.07, 6.45) is 4.34. The monoisotopic (exact) mass is 325 g/mol. The summed E-state index contributed by atoms with van der Waals surface area (Å²) in [5.41, 5.74) is 4.11. The Bertz CT molecular complexity index is 794. The van der Waals surface area contributed by atoms with Gasteiger partial charge in [0.1, 0.15) is 0 Å². The van der Waals surface area contributed by atoms with E-state index in [1.54, 1.807) is 6.33 Å². The van der Waals surface area contributed by atoms with E-state index in [0.29, 0.717) is 11.4 Å². The fourth-order valence-electron chi connectivity index (χ4n) is 2.67. The molecule has 0 fully saturated rings. The van der Waals surface area contributed by atoms with Gasteiger partial charge in [-0.05, 0) is 35.4 Å². The minimum Gasteiger partial charge on any atom is -0.337 e. The normalized spacial score (nSPS) is 11.9. The van der Waals surface area contributed by atoms with Crippen molar-refractivity contribution in [1.29, 1.82) is 0 Å². The van der Waals surface area contributed by atoms with E-state index in [1.165, 1.54) is 0 Å². The second-order valence-electron chi connectivity index (χ2n) is 5.30. The number of amides is 1. The maximum atomic E-state index is 10.5. The maximum absolute atomic E-state index is 10.5. The molecular formula is C18H16ClN3O. The molecule has 0 bridgehead atoms. The summed E-state index contributed by atoms with van der Waals surface area (Å²) >= 11 is 6.02. The van der Waals surface area contributed by atoms with Crippen molar-refractivity contribution < 1.29 is 4.79 Å². The zero-order chi connectivity index (χ0) is 16.2. The molecular weight excluding hydrogens is 310 g/mol. The highest BCUT2D eigenvalue weighted by molar-refractivity contribution is 6.30. The average Bonchev–Trinajstić information content (AvgIpc) is 2.97. The van der Waals surface area contributed by atoms with E-state index in [1.807, 2.05) is 66.3 Å². The topological polar surface area (TPSA) is 46.9 Å². The van der Waals surface area contributed by atoms with Gasteiger partial charge in [0.05, 0.1) is 12.2 Å². The Morgan fingerprint density at radius 1 is 1.09 bits per heavy atom. The van der Waals surface area contributed by atoms with Gasteiger partial charge in [-0.1, -0.05) is 35.9 Å². The number of nitrogens with one attached hydrogen (secondary N) is 1. The first kappa shape index (κ1) is 15.3. The number of halogens is 1. The average molecular weight is 326 g/mol. The number of rotatable bonds is 5. The maximum Gasteiger partial charge on any atom is 0.211 e. The molecule has 2 aromatic carbocycles. The summed E-state index contributed by atoms with van der Waals surface area (Å²) in [4.78, 5) is 14.8. The molecule has 0 aliphatic heterocycles. The van der Waals surface area contributed by atoms with Crippen LogP contribution >= 0.6 is 11.6 Å². The molecule has 1 amide bonds. The molecule has 116 valence electrons. The Labute approximate surface area is 139 Å². The van der Waals surface area contributed by atoms with Gasteiger partial charge in [0, 0.05) is 29.6 Å². The number of carbonyl (C=O) groups is 1. The van der Waals surface area contributed by atoms with Gasteiger partial charge < -0.3 is 9.88 Å². The molecule has 3 rings (SSSR count). The number of hydrogen-bond donors (Lipinski definition) is 1. The number of benzene rings is 2. The summed E-state index contributed by atoms with van der Waals surface area (Å²) < 4.78 is 2.01. The summed E-state index contributed by atoms with van der Waals surface area (Å²) in [7, 11) is 1.98. The van der Waals surface area contributed by atoms with E-state index in [0.717, 1.165) is 22.5 Å². The lowest BCUT2D eigenvalue weighted by Gasteiger charge is -2.19. The minimum atomic E-state index is 0.0463. The van der Waals surface area contributed by atoms with Crippen molar-refractivity contribution in [1.82, 2.24) is 9.55 Å². The van der Waals surface area contributed by atoms with Crippen molar-refractivity contribution in [2.75, 3.05) is 5.32 Å². The van der Waals surface area contributed by atoms with Gasteiger partial charge in [0.25, 0.3) is 0 Å². The Hall–Kier alpha value is -2.59. The van der Waals surface area contributed by atoms with Crippen LogP contribution in [0.25, 0.3) is 0 Å². The summed E-state index contributed by atoms with van der Waals surface area (Å²) in [6, 6.07) is 15.6. The molecule has 0 aliphatic carbocycles. The first-order valence-corrected chi connectivity index (χ1v) is 7.58. The van der Waals surface area contributed by atoms with Crippen LogP contribution in [0.3, 0.4) is 0 Å². The van der Waals surface area contributed by atoms with Crippen LogP contribution in [0.4, 0.5) is 5.69 Å². The molecule has 1 heterocycles. The first-order valence-electron chi connectivity index (χ1n) is 7.21. The zero-order valence-electron chi connectivity index (χ0n) is 12.6. The van der Waals surface area contributed by atoms with Crippen molar-refractivity contribution in [2.45, 2.75) is 5.92 Å². The number of carbonyl (C=O) groups excluding carboxylic acids is 1. The molecule has 1 aromatic heterocycles. The number of nitrogens with zero attached hydrogens (tertiary/aromatic N) is 2. The molecule has 1 unspecified atom stereocenters. The van der Waals surface area contributed by atoms with Crippen LogP contribution in [0.2, 0.25) is 5.02 Å². The summed E-state index contributed by atoms with van der Waals surface area (Å²) in [6.45, 7) is 0. The first-order chi connectivity index (χ1) is 11.2. The SMILES string of the molecule is Cn1cncc1C(c1ccc(Cl)cc1)c1ccc(NC=O)cc1. The second kappa shape index (κ2) is 6.67. The Morgan fingerprint density at radius 3 is 2.22 bits per heavy atom. The van der Waals surface area contributed by atoms with E-state index in [4.69, 9.17) is 11.6 Å². The van der Waals surface area contributed by atoms with Crippen molar-refractivity contribution in [2.24, 2.45) is 7.05 Å². The molecule has 1 atom stereocenters. The van der Waals surface area contributed by atoms with E-state index in [-0.39, 0.29) is 5.92 Å². The zero-order valence-corrected chi connectivity index (χ0v) is 13.4. The predicted octanol–water partition coefficient (Wildman–Crippen LogP) is 3.82. The molecule has 0 radical (unpaired) electrons. The molecule has 23 heavy (non-hydrogen) atoms. The molecule has 0 saturated heterocycles. The third-order valence-electron chi connectivity index (χ3n) is 3.82. The van der Waals surface area contributed by atoms with Gasteiger partial charge in [0.15, 0.2) is 0 Å². The number of aryl methyl sites for hydroxylation is 1. The van der Waals surface area contributed by atoms with E-state index in [2.05, 4.69) is 10.3 Å².